The Hall–Kier alpha value is -1.86. The highest BCUT2D eigenvalue weighted by atomic mass is 31.2. The molecule has 2 aromatic rings. The van der Waals surface area contributed by atoms with E-state index in [0.29, 0.717) is 0 Å². The lowest BCUT2D eigenvalue weighted by atomic mass is 10.3. The molecule has 128 valence electrons. The third-order valence-electron chi connectivity index (χ3n) is 4.04. The molecular formula is C20H26NO2P. The monoisotopic (exact) mass is 343 g/mol. The van der Waals surface area contributed by atoms with Crippen molar-refractivity contribution < 1.29 is 9.36 Å². The molecule has 0 atom stereocenters. The van der Waals surface area contributed by atoms with Crippen molar-refractivity contribution in [1.29, 1.82) is 0 Å². The number of hydrogen-bond donors (Lipinski definition) is 0. The van der Waals surface area contributed by atoms with E-state index >= 15 is 0 Å². The third kappa shape index (κ3) is 4.36. The van der Waals surface area contributed by atoms with Crippen molar-refractivity contribution in [2.75, 3.05) is 19.3 Å². The highest BCUT2D eigenvalue weighted by Gasteiger charge is 2.31. The van der Waals surface area contributed by atoms with Crippen LogP contribution in [0.3, 0.4) is 0 Å². The zero-order valence-corrected chi connectivity index (χ0v) is 15.4. The summed E-state index contributed by atoms with van der Waals surface area (Å²) in [6.07, 6.45) is 1.88. The first-order chi connectivity index (χ1) is 11.6. The fourth-order valence-electron chi connectivity index (χ4n) is 2.86. The van der Waals surface area contributed by atoms with Crippen molar-refractivity contribution in [2.24, 2.45) is 0 Å². The molecule has 0 saturated carbocycles. The van der Waals surface area contributed by atoms with Gasteiger partial charge in [0.15, 0.2) is 7.14 Å². The summed E-state index contributed by atoms with van der Waals surface area (Å²) in [5, 5.41) is 1.50. The van der Waals surface area contributed by atoms with Crippen LogP contribution in [-0.2, 0) is 9.36 Å². The maximum atomic E-state index is 13.9. The van der Waals surface area contributed by atoms with Crippen molar-refractivity contribution >= 4 is 23.7 Å². The molecule has 3 nitrogen and oxygen atoms in total. The average molecular weight is 343 g/mol. The fraction of sp³-hybridized carbons (Fsp3) is 0.350. The Morgan fingerprint density at radius 2 is 1.25 bits per heavy atom. The second kappa shape index (κ2) is 8.84. The Balaban J connectivity index is 2.37. The van der Waals surface area contributed by atoms with Crippen LogP contribution in [0.1, 0.15) is 26.7 Å². The number of benzene rings is 2. The van der Waals surface area contributed by atoms with Gasteiger partial charge in [0.2, 0.25) is 5.91 Å². The standard InChI is InChI=1S/C20H26NO2P/c1-3-15-21(16-4-2)20(22)17-24(23,18-11-7-5-8-12-18)19-13-9-6-10-14-19/h5-14H,3-4,15-17H2,1-2H3. The number of nitrogens with zero attached hydrogens (tertiary/aromatic N) is 1. The Morgan fingerprint density at radius 3 is 1.62 bits per heavy atom. The Labute approximate surface area is 145 Å². The van der Waals surface area contributed by atoms with E-state index in [4.69, 9.17) is 0 Å². The molecule has 0 aliphatic rings. The summed E-state index contributed by atoms with van der Waals surface area (Å²) in [6.45, 7) is 5.56. The van der Waals surface area contributed by atoms with Gasteiger partial charge in [-0.15, -0.1) is 0 Å². The highest BCUT2D eigenvalue weighted by Crippen LogP contribution is 2.43. The van der Waals surface area contributed by atoms with E-state index in [-0.39, 0.29) is 12.1 Å². The SMILES string of the molecule is CCCN(CCC)C(=O)CP(=O)(c1ccccc1)c1ccccc1. The molecule has 24 heavy (non-hydrogen) atoms. The predicted molar refractivity (Wildman–Crippen MR) is 102 cm³/mol. The first-order valence-electron chi connectivity index (χ1n) is 8.60. The van der Waals surface area contributed by atoms with Crippen LogP contribution in [0, 0.1) is 0 Å². The number of carbonyl (C=O) groups excluding carboxylic acids is 1. The molecule has 0 heterocycles. The molecule has 0 saturated heterocycles. The van der Waals surface area contributed by atoms with Gasteiger partial charge in [-0.2, -0.15) is 0 Å². The second-order valence-corrected chi connectivity index (χ2v) is 8.78. The number of rotatable bonds is 8. The van der Waals surface area contributed by atoms with E-state index in [1.807, 2.05) is 65.6 Å². The third-order valence-corrected chi connectivity index (χ3v) is 7.02. The van der Waals surface area contributed by atoms with Gasteiger partial charge in [-0.3, -0.25) is 4.79 Å². The Kier molecular flexibility index (Phi) is 6.81. The van der Waals surface area contributed by atoms with Gasteiger partial charge in [0, 0.05) is 23.7 Å². The number of carbonyl (C=O) groups is 1. The molecule has 0 N–H and O–H groups in total. The van der Waals surface area contributed by atoms with Crippen molar-refractivity contribution in [3.63, 3.8) is 0 Å². The van der Waals surface area contributed by atoms with Crippen molar-refractivity contribution in [2.45, 2.75) is 26.7 Å². The second-order valence-electron chi connectivity index (χ2n) is 5.95. The van der Waals surface area contributed by atoms with Gasteiger partial charge >= 0.3 is 0 Å². The van der Waals surface area contributed by atoms with Crippen LogP contribution in [-0.4, -0.2) is 30.1 Å². The van der Waals surface area contributed by atoms with Gasteiger partial charge in [0.25, 0.3) is 0 Å². The molecule has 4 heteroatoms. The zero-order valence-electron chi connectivity index (χ0n) is 14.5. The largest absolute Gasteiger partial charge is 0.342 e. The lowest BCUT2D eigenvalue weighted by Gasteiger charge is -2.25. The summed E-state index contributed by atoms with van der Waals surface area (Å²) in [5.74, 6) is -0.0188. The minimum Gasteiger partial charge on any atom is -0.342 e. The van der Waals surface area contributed by atoms with E-state index in [1.54, 1.807) is 0 Å². The molecule has 0 unspecified atom stereocenters. The summed E-state index contributed by atoms with van der Waals surface area (Å²) < 4.78 is 13.9. The van der Waals surface area contributed by atoms with Gasteiger partial charge in [-0.05, 0) is 12.8 Å². The first kappa shape index (κ1) is 18.5. The molecule has 2 rings (SSSR count). The van der Waals surface area contributed by atoms with Crippen LogP contribution >= 0.6 is 7.14 Å². The Morgan fingerprint density at radius 1 is 0.833 bits per heavy atom. The summed E-state index contributed by atoms with van der Waals surface area (Å²) in [4.78, 5) is 14.7. The van der Waals surface area contributed by atoms with Gasteiger partial charge in [-0.25, -0.2) is 0 Å². The summed E-state index contributed by atoms with van der Waals surface area (Å²) in [7, 11) is -2.97. The molecule has 0 aliphatic heterocycles. The van der Waals surface area contributed by atoms with E-state index in [1.165, 1.54) is 0 Å². The molecular weight excluding hydrogens is 317 g/mol. The molecule has 0 spiro atoms. The summed E-state index contributed by atoms with van der Waals surface area (Å²) in [5.41, 5.74) is 0. The highest BCUT2D eigenvalue weighted by molar-refractivity contribution is 7.79. The van der Waals surface area contributed by atoms with Crippen molar-refractivity contribution in [3.05, 3.63) is 60.7 Å². The Bertz CT molecular complexity index is 636. The fourth-order valence-corrected chi connectivity index (χ4v) is 5.41. The molecule has 1 amide bonds. The summed E-state index contributed by atoms with van der Waals surface area (Å²) >= 11 is 0. The maximum Gasteiger partial charge on any atom is 0.230 e. The van der Waals surface area contributed by atoms with E-state index < -0.39 is 7.14 Å². The van der Waals surface area contributed by atoms with E-state index in [0.717, 1.165) is 36.5 Å². The predicted octanol–water partition coefficient (Wildman–Crippen LogP) is 3.65. The average Bonchev–Trinajstić information content (AvgIpc) is 2.63. The number of amides is 1. The molecule has 0 bridgehead atoms. The van der Waals surface area contributed by atoms with Crippen LogP contribution in [0.25, 0.3) is 0 Å². The lowest BCUT2D eigenvalue weighted by molar-refractivity contribution is -0.128. The number of hydrogen-bond acceptors (Lipinski definition) is 2. The smallest absolute Gasteiger partial charge is 0.230 e. The van der Waals surface area contributed by atoms with Crippen LogP contribution in [0.15, 0.2) is 60.7 Å². The zero-order chi connectivity index (χ0) is 17.4. The molecule has 0 aromatic heterocycles. The van der Waals surface area contributed by atoms with Crippen molar-refractivity contribution in [1.82, 2.24) is 4.90 Å². The molecule has 0 aliphatic carbocycles. The van der Waals surface area contributed by atoms with Crippen LogP contribution in [0.4, 0.5) is 0 Å². The first-order valence-corrected chi connectivity index (χ1v) is 10.5. The van der Waals surface area contributed by atoms with Gasteiger partial charge in [-0.1, -0.05) is 74.5 Å². The van der Waals surface area contributed by atoms with Gasteiger partial charge in [0.1, 0.15) is 0 Å². The van der Waals surface area contributed by atoms with Gasteiger partial charge in [0.05, 0.1) is 6.16 Å². The van der Waals surface area contributed by atoms with Crippen LogP contribution < -0.4 is 10.6 Å². The maximum absolute atomic E-state index is 13.9. The topological polar surface area (TPSA) is 37.4 Å². The minimum atomic E-state index is -2.97. The van der Waals surface area contributed by atoms with E-state index in [2.05, 4.69) is 13.8 Å². The molecule has 0 fully saturated rings. The lowest BCUT2D eigenvalue weighted by Crippen LogP contribution is -2.36. The molecule has 2 aromatic carbocycles. The van der Waals surface area contributed by atoms with E-state index in [9.17, 15) is 9.36 Å². The van der Waals surface area contributed by atoms with Gasteiger partial charge < -0.3 is 9.46 Å². The molecule has 0 radical (unpaired) electrons. The van der Waals surface area contributed by atoms with Crippen LogP contribution in [0.5, 0.6) is 0 Å². The van der Waals surface area contributed by atoms with Crippen molar-refractivity contribution in [3.8, 4) is 0 Å². The van der Waals surface area contributed by atoms with Crippen LogP contribution in [0.2, 0.25) is 0 Å². The summed E-state index contributed by atoms with van der Waals surface area (Å²) in [6, 6.07) is 18.8. The normalized spacial score (nSPS) is 11.2. The quantitative estimate of drug-likeness (QED) is 0.686. The minimum absolute atomic E-state index is 0.0188.